The van der Waals surface area contributed by atoms with E-state index in [0.717, 1.165) is 25.9 Å². The van der Waals surface area contributed by atoms with Gasteiger partial charge in [0.2, 0.25) is 5.91 Å². The van der Waals surface area contributed by atoms with Gasteiger partial charge in [0.05, 0.1) is 16.3 Å². The van der Waals surface area contributed by atoms with Crippen LogP contribution in [0.15, 0.2) is 36.5 Å². The summed E-state index contributed by atoms with van der Waals surface area (Å²) in [5, 5.41) is 16.8. The Balaban J connectivity index is 0.000000479. The molecule has 1 saturated heterocycles. The van der Waals surface area contributed by atoms with Gasteiger partial charge in [0.15, 0.2) is 0 Å². The average Bonchev–Trinajstić information content (AvgIpc) is 2.76. The number of carboxylic acid groups (broad SMARTS) is 1. The van der Waals surface area contributed by atoms with Gasteiger partial charge < -0.3 is 21.1 Å². The highest BCUT2D eigenvalue weighted by atomic mass is 35.5. The first-order valence-electron chi connectivity index (χ1n) is 9.51. The number of carboxylic acids is 1. The molecule has 0 aliphatic carbocycles. The van der Waals surface area contributed by atoms with Gasteiger partial charge in [-0.05, 0) is 56.3 Å². The van der Waals surface area contributed by atoms with Gasteiger partial charge in [0.1, 0.15) is 5.82 Å². The SMILES string of the molecule is O=C(Nc1ccc(Cl)cn1)c1ccc(Cl)cc1NC(=O)C1CCNCC1.O=C(O)C(F)(F)F. The van der Waals surface area contributed by atoms with Crippen molar-refractivity contribution >= 4 is 52.5 Å². The third-order valence-corrected chi connectivity index (χ3v) is 4.86. The lowest BCUT2D eigenvalue weighted by Crippen LogP contribution is -2.35. The summed E-state index contributed by atoms with van der Waals surface area (Å²) < 4.78 is 31.7. The van der Waals surface area contributed by atoms with Gasteiger partial charge in [-0.2, -0.15) is 13.2 Å². The highest BCUT2D eigenvalue weighted by molar-refractivity contribution is 6.31. The molecule has 1 aromatic heterocycles. The molecule has 1 aliphatic rings. The zero-order chi connectivity index (χ0) is 24.6. The van der Waals surface area contributed by atoms with Crippen LogP contribution in [0.2, 0.25) is 10.0 Å². The quantitative estimate of drug-likeness (QED) is 0.492. The second-order valence-electron chi connectivity index (χ2n) is 6.82. The van der Waals surface area contributed by atoms with Gasteiger partial charge in [-0.3, -0.25) is 9.59 Å². The van der Waals surface area contributed by atoms with E-state index in [0.29, 0.717) is 27.1 Å². The Morgan fingerprint density at radius 3 is 2.18 bits per heavy atom. The lowest BCUT2D eigenvalue weighted by atomic mass is 9.97. The van der Waals surface area contributed by atoms with Crippen LogP contribution >= 0.6 is 23.2 Å². The monoisotopic (exact) mass is 506 g/mol. The van der Waals surface area contributed by atoms with Crippen molar-refractivity contribution in [1.29, 1.82) is 0 Å². The molecule has 2 amide bonds. The number of aliphatic carboxylic acids is 1. The summed E-state index contributed by atoms with van der Waals surface area (Å²) in [6.45, 7) is 1.62. The number of pyridine rings is 1. The Bertz CT molecular complexity index is 998. The molecular formula is C20H19Cl2F3N4O4. The number of carbonyl (C=O) groups excluding carboxylic acids is 2. The molecular weight excluding hydrogens is 488 g/mol. The van der Waals surface area contributed by atoms with E-state index in [1.165, 1.54) is 6.20 Å². The van der Waals surface area contributed by atoms with Crippen molar-refractivity contribution in [3.8, 4) is 0 Å². The van der Waals surface area contributed by atoms with Crippen LogP contribution in [0, 0.1) is 5.92 Å². The average molecular weight is 507 g/mol. The lowest BCUT2D eigenvalue weighted by molar-refractivity contribution is -0.192. The number of amides is 2. The van der Waals surface area contributed by atoms with Crippen LogP contribution in [0.1, 0.15) is 23.2 Å². The van der Waals surface area contributed by atoms with Crippen LogP contribution < -0.4 is 16.0 Å². The summed E-state index contributed by atoms with van der Waals surface area (Å²) in [7, 11) is 0. The van der Waals surface area contributed by atoms with E-state index in [9.17, 15) is 22.8 Å². The molecule has 1 fully saturated rings. The highest BCUT2D eigenvalue weighted by Crippen LogP contribution is 2.24. The van der Waals surface area contributed by atoms with Crippen molar-refractivity contribution < 1.29 is 32.7 Å². The molecule has 2 aromatic rings. The maximum Gasteiger partial charge on any atom is 0.490 e. The standard InChI is InChI=1S/C18H18Cl2N4O2.C2HF3O2/c19-12-1-3-14(18(26)24-16-4-2-13(20)10-22-16)15(9-12)23-17(25)11-5-7-21-8-6-11;3-2(4,5)1(6)7/h1-4,9-11,21H,5-8H2,(H,23,25)(H,22,24,26);(H,6,7). The zero-order valence-electron chi connectivity index (χ0n) is 16.9. The molecule has 0 bridgehead atoms. The number of halogens is 5. The largest absolute Gasteiger partial charge is 0.490 e. The molecule has 0 spiro atoms. The molecule has 178 valence electrons. The number of alkyl halides is 3. The molecule has 4 N–H and O–H groups in total. The first-order valence-corrected chi connectivity index (χ1v) is 10.3. The van der Waals surface area contributed by atoms with Gasteiger partial charge in [0.25, 0.3) is 5.91 Å². The number of carbonyl (C=O) groups is 3. The number of nitrogens with zero attached hydrogens (tertiary/aromatic N) is 1. The van der Waals surface area contributed by atoms with E-state index >= 15 is 0 Å². The Labute approximate surface area is 196 Å². The minimum Gasteiger partial charge on any atom is -0.475 e. The summed E-state index contributed by atoms with van der Waals surface area (Å²) in [5.74, 6) is -2.97. The number of piperidine rings is 1. The molecule has 1 aliphatic heterocycles. The van der Waals surface area contributed by atoms with Gasteiger partial charge in [-0.15, -0.1) is 0 Å². The first kappa shape index (κ1) is 26.4. The fourth-order valence-electron chi connectivity index (χ4n) is 2.77. The number of aromatic nitrogens is 1. The lowest BCUT2D eigenvalue weighted by Gasteiger charge is -2.22. The summed E-state index contributed by atoms with van der Waals surface area (Å²) >= 11 is 11.8. The third-order valence-electron chi connectivity index (χ3n) is 4.41. The molecule has 3 rings (SSSR count). The number of anilines is 2. The van der Waals surface area contributed by atoms with E-state index < -0.39 is 18.1 Å². The van der Waals surface area contributed by atoms with Crippen molar-refractivity contribution in [2.24, 2.45) is 5.92 Å². The number of hydrogen-bond donors (Lipinski definition) is 4. The first-order chi connectivity index (χ1) is 15.5. The molecule has 13 heteroatoms. The topological polar surface area (TPSA) is 120 Å². The van der Waals surface area contributed by atoms with Gasteiger partial charge >= 0.3 is 12.1 Å². The van der Waals surface area contributed by atoms with Crippen molar-refractivity contribution in [2.75, 3.05) is 23.7 Å². The van der Waals surface area contributed by atoms with E-state index in [1.807, 2.05) is 0 Å². The van der Waals surface area contributed by atoms with E-state index in [4.69, 9.17) is 33.1 Å². The van der Waals surface area contributed by atoms with Crippen LogP contribution in [0.5, 0.6) is 0 Å². The molecule has 0 radical (unpaired) electrons. The second-order valence-corrected chi connectivity index (χ2v) is 7.69. The minimum absolute atomic E-state index is 0.0796. The van der Waals surface area contributed by atoms with Gasteiger partial charge in [-0.25, -0.2) is 9.78 Å². The number of benzene rings is 1. The predicted octanol–water partition coefficient (Wildman–Crippen LogP) is 4.21. The maximum absolute atomic E-state index is 12.6. The number of rotatable bonds is 4. The van der Waals surface area contributed by atoms with Crippen LogP contribution in [0.4, 0.5) is 24.7 Å². The van der Waals surface area contributed by atoms with E-state index in [-0.39, 0.29) is 11.8 Å². The summed E-state index contributed by atoms with van der Waals surface area (Å²) in [5.41, 5.74) is 0.695. The van der Waals surface area contributed by atoms with Crippen molar-refractivity contribution in [3.63, 3.8) is 0 Å². The molecule has 2 heterocycles. The van der Waals surface area contributed by atoms with Crippen LogP contribution in [-0.4, -0.2) is 47.1 Å². The summed E-state index contributed by atoms with van der Waals surface area (Å²) in [6, 6.07) is 7.98. The smallest absolute Gasteiger partial charge is 0.475 e. The Kier molecular flexibility index (Phi) is 9.44. The zero-order valence-corrected chi connectivity index (χ0v) is 18.4. The van der Waals surface area contributed by atoms with Crippen molar-refractivity contribution in [3.05, 3.63) is 52.1 Å². The van der Waals surface area contributed by atoms with Crippen LogP contribution in [0.3, 0.4) is 0 Å². The van der Waals surface area contributed by atoms with Gasteiger partial charge in [-0.1, -0.05) is 23.2 Å². The Morgan fingerprint density at radius 1 is 1.03 bits per heavy atom. The van der Waals surface area contributed by atoms with E-state index in [1.54, 1.807) is 30.3 Å². The van der Waals surface area contributed by atoms with Gasteiger partial charge in [0, 0.05) is 17.1 Å². The normalized spacial score (nSPS) is 14.0. The predicted molar refractivity (Wildman–Crippen MR) is 117 cm³/mol. The Hall–Kier alpha value is -2.89. The number of nitrogens with one attached hydrogen (secondary N) is 3. The van der Waals surface area contributed by atoms with Crippen LogP contribution in [0.25, 0.3) is 0 Å². The molecule has 33 heavy (non-hydrogen) atoms. The minimum atomic E-state index is -5.08. The summed E-state index contributed by atoms with van der Waals surface area (Å²) in [4.78, 5) is 38.0. The fraction of sp³-hybridized carbons (Fsp3) is 0.300. The molecule has 0 saturated carbocycles. The molecule has 8 nitrogen and oxygen atoms in total. The fourth-order valence-corrected chi connectivity index (χ4v) is 3.05. The summed E-state index contributed by atoms with van der Waals surface area (Å²) in [6.07, 6.45) is -2.11. The van der Waals surface area contributed by atoms with E-state index in [2.05, 4.69) is 20.9 Å². The molecule has 0 unspecified atom stereocenters. The van der Waals surface area contributed by atoms with Crippen molar-refractivity contribution in [1.82, 2.24) is 10.3 Å². The molecule has 1 aromatic carbocycles. The third kappa shape index (κ3) is 8.52. The number of hydrogen-bond acceptors (Lipinski definition) is 5. The van der Waals surface area contributed by atoms with Crippen molar-refractivity contribution in [2.45, 2.75) is 19.0 Å². The second kappa shape index (κ2) is 11.8. The Morgan fingerprint density at radius 2 is 1.64 bits per heavy atom. The highest BCUT2D eigenvalue weighted by Gasteiger charge is 2.38. The van der Waals surface area contributed by atoms with Crippen LogP contribution in [-0.2, 0) is 9.59 Å². The maximum atomic E-state index is 12.6. The molecule has 0 atom stereocenters.